The predicted molar refractivity (Wildman–Crippen MR) is 142 cm³/mol. The van der Waals surface area contributed by atoms with E-state index in [1.807, 2.05) is 31.5 Å². The first-order valence-electron chi connectivity index (χ1n) is 12.9. The molecule has 5 rings (SSSR count). The van der Waals surface area contributed by atoms with E-state index in [-0.39, 0.29) is 11.4 Å². The molecule has 2 N–H and O–H groups in total. The van der Waals surface area contributed by atoms with E-state index in [9.17, 15) is 4.79 Å². The van der Waals surface area contributed by atoms with Gasteiger partial charge in [0.15, 0.2) is 0 Å². The van der Waals surface area contributed by atoms with Gasteiger partial charge in [-0.25, -0.2) is 14.8 Å². The van der Waals surface area contributed by atoms with Gasteiger partial charge in [-0.05, 0) is 61.6 Å². The molecule has 2 aliphatic heterocycles. The number of benzene rings is 1. The van der Waals surface area contributed by atoms with Crippen LogP contribution in [0.4, 0.5) is 16.4 Å². The molecule has 3 heterocycles. The van der Waals surface area contributed by atoms with Gasteiger partial charge in [-0.1, -0.05) is 25.1 Å². The van der Waals surface area contributed by atoms with Crippen LogP contribution in [0.3, 0.4) is 0 Å². The summed E-state index contributed by atoms with van der Waals surface area (Å²) in [6, 6.07) is 6.79. The predicted octanol–water partition coefficient (Wildman–Crippen LogP) is 3.69. The molecule has 2 atom stereocenters. The largest absolute Gasteiger partial charge is 0.377 e. The molecule has 0 spiro atoms. The minimum absolute atomic E-state index is 0.169. The highest BCUT2D eigenvalue weighted by atomic mass is 16.5. The van der Waals surface area contributed by atoms with Gasteiger partial charge < -0.3 is 25.2 Å². The second kappa shape index (κ2) is 10.3. The van der Waals surface area contributed by atoms with E-state index in [0.29, 0.717) is 12.6 Å². The monoisotopic (exact) mass is 488 g/mol. The molecule has 0 saturated carbocycles. The summed E-state index contributed by atoms with van der Waals surface area (Å²) in [5.74, 6) is 0.780. The Kier molecular flexibility index (Phi) is 6.96. The molecule has 190 valence electrons. The average Bonchev–Trinajstić information content (AvgIpc) is 2.90. The van der Waals surface area contributed by atoms with Crippen molar-refractivity contribution in [3.8, 4) is 0 Å². The van der Waals surface area contributed by atoms with Crippen molar-refractivity contribution >= 4 is 17.7 Å². The number of anilines is 2. The van der Waals surface area contributed by atoms with Gasteiger partial charge >= 0.3 is 6.03 Å². The summed E-state index contributed by atoms with van der Waals surface area (Å²) >= 11 is 0. The Morgan fingerprint density at radius 1 is 1.25 bits per heavy atom. The molecule has 1 aromatic carbocycles. The Labute approximate surface area is 213 Å². The Morgan fingerprint density at radius 3 is 2.81 bits per heavy atom. The number of amides is 2. The lowest BCUT2D eigenvalue weighted by molar-refractivity contribution is 0.0988. The Balaban J connectivity index is 1.48. The molecule has 1 aliphatic carbocycles. The number of aromatic nitrogens is 2. The number of nitrogens with zero attached hydrogens (tertiary/aromatic N) is 4. The van der Waals surface area contributed by atoms with Crippen LogP contribution in [0.15, 0.2) is 54.5 Å². The summed E-state index contributed by atoms with van der Waals surface area (Å²) < 4.78 is 5.75. The van der Waals surface area contributed by atoms with Gasteiger partial charge in [0, 0.05) is 61.4 Å². The van der Waals surface area contributed by atoms with Gasteiger partial charge in [-0.3, -0.25) is 0 Å². The lowest BCUT2D eigenvalue weighted by Gasteiger charge is -2.40. The van der Waals surface area contributed by atoms with E-state index in [1.54, 1.807) is 0 Å². The van der Waals surface area contributed by atoms with Crippen LogP contribution in [0.5, 0.6) is 0 Å². The van der Waals surface area contributed by atoms with Crippen molar-refractivity contribution in [3.05, 3.63) is 71.2 Å². The van der Waals surface area contributed by atoms with Crippen LogP contribution in [0.2, 0.25) is 0 Å². The lowest BCUT2D eigenvalue weighted by Crippen LogP contribution is -2.45. The fourth-order valence-corrected chi connectivity index (χ4v) is 5.35. The SMILES string of the molecule is CCNC(=O)NC1=CCC(C)(c2cc3c(c(N4CCOC[C@@H]4C)c2)CCN(c2ncccn2)C3)C=C1. The summed E-state index contributed by atoms with van der Waals surface area (Å²) in [7, 11) is 0. The number of fused-ring (bicyclic) bond motifs is 1. The molecule has 1 saturated heterocycles. The first-order chi connectivity index (χ1) is 17.5. The zero-order chi connectivity index (χ0) is 25.1. The molecular weight excluding hydrogens is 452 g/mol. The van der Waals surface area contributed by atoms with Crippen LogP contribution in [0.25, 0.3) is 0 Å². The number of nitrogens with one attached hydrogen (secondary N) is 2. The Morgan fingerprint density at radius 2 is 2.08 bits per heavy atom. The van der Waals surface area contributed by atoms with Crippen LogP contribution in [0.1, 0.15) is 43.9 Å². The molecule has 2 amide bonds. The number of carbonyl (C=O) groups is 1. The quantitative estimate of drug-likeness (QED) is 0.668. The van der Waals surface area contributed by atoms with E-state index in [0.717, 1.165) is 57.3 Å². The molecule has 36 heavy (non-hydrogen) atoms. The Bertz CT molecular complexity index is 1160. The highest BCUT2D eigenvalue weighted by Crippen LogP contribution is 2.40. The average molecular weight is 489 g/mol. The number of hydrogen-bond donors (Lipinski definition) is 2. The summed E-state index contributed by atoms with van der Waals surface area (Å²) in [4.78, 5) is 25.8. The van der Waals surface area contributed by atoms with Crippen molar-refractivity contribution in [2.75, 3.05) is 42.6 Å². The highest BCUT2D eigenvalue weighted by Gasteiger charge is 2.32. The fraction of sp³-hybridized carbons (Fsp3) is 0.464. The summed E-state index contributed by atoms with van der Waals surface area (Å²) in [5, 5.41) is 5.72. The van der Waals surface area contributed by atoms with Gasteiger partial charge in [0.1, 0.15) is 0 Å². The van der Waals surface area contributed by atoms with E-state index >= 15 is 0 Å². The molecule has 0 bridgehead atoms. The van der Waals surface area contributed by atoms with Crippen LogP contribution >= 0.6 is 0 Å². The van der Waals surface area contributed by atoms with Crippen molar-refractivity contribution in [2.24, 2.45) is 0 Å². The summed E-state index contributed by atoms with van der Waals surface area (Å²) in [6.45, 7) is 11.1. The molecule has 1 aromatic heterocycles. The van der Waals surface area contributed by atoms with Gasteiger partial charge in [0.05, 0.1) is 13.2 Å². The van der Waals surface area contributed by atoms with Crippen LogP contribution in [0, 0.1) is 0 Å². The van der Waals surface area contributed by atoms with Crippen LogP contribution in [-0.2, 0) is 23.1 Å². The standard InChI is InChI=1S/C28H36N6O2/c1-4-29-27(35)32-23-6-9-28(3,10-7-23)22-16-21-18-33(26-30-11-5-12-31-26)13-8-24(21)25(17-22)34-14-15-36-19-20(34)2/h5-7,9,11-12,16-17,20H,4,8,10,13-15,18-19H2,1-3H3,(H2,29,32,35)/t20-,28?/m0/s1. The topological polar surface area (TPSA) is 82.6 Å². The van der Waals surface area contributed by atoms with Gasteiger partial charge in [0.2, 0.25) is 5.95 Å². The molecule has 8 heteroatoms. The number of morpholine rings is 1. The van der Waals surface area contributed by atoms with Crippen molar-refractivity contribution in [2.45, 2.75) is 51.6 Å². The normalized spacial score (nSPS) is 23.6. The minimum Gasteiger partial charge on any atom is -0.377 e. The third-order valence-corrected chi connectivity index (χ3v) is 7.46. The Hall–Kier alpha value is -3.39. The molecule has 1 fully saturated rings. The second-order valence-electron chi connectivity index (χ2n) is 10.1. The molecule has 8 nitrogen and oxygen atoms in total. The van der Waals surface area contributed by atoms with E-state index in [4.69, 9.17) is 4.74 Å². The number of allylic oxidation sites excluding steroid dienone is 3. The van der Waals surface area contributed by atoms with Crippen molar-refractivity contribution in [3.63, 3.8) is 0 Å². The summed E-state index contributed by atoms with van der Waals surface area (Å²) in [6.07, 6.45) is 11.8. The van der Waals surface area contributed by atoms with Crippen molar-refractivity contribution < 1.29 is 9.53 Å². The summed E-state index contributed by atoms with van der Waals surface area (Å²) in [5.41, 5.74) is 6.05. The van der Waals surface area contributed by atoms with Crippen LogP contribution < -0.4 is 20.4 Å². The maximum Gasteiger partial charge on any atom is 0.319 e. The van der Waals surface area contributed by atoms with Crippen molar-refractivity contribution in [1.29, 1.82) is 0 Å². The van der Waals surface area contributed by atoms with Gasteiger partial charge in [-0.15, -0.1) is 0 Å². The number of rotatable bonds is 5. The second-order valence-corrected chi connectivity index (χ2v) is 10.1. The molecule has 0 radical (unpaired) electrons. The number of ether oxygens (including phenoxy) is 1. The first kappa shape index (κ1) is 24.3. The van der Waals surface area contributed by atoms with E-state index in [2.05, 4.69) is 68.5 Å². The third-order valence-electron chi connectivity index (χ3n) is 7.46. The smallest absolute Gasteiger partial charge is 0.319 e. The number of hydrogen-bond acceptors (Lipinski definition) is 6. The minimum atomic E-state index is -0.169. The molecule has 3 aliphatic rings. The van der Waals surface area contributed by atoms with Crippen molar-refractivity contribution in [1.82, 2.24) is 20.6 Å². The van der Waals surface area contributed by atoms with E-state index < -0.39 is 0 Å². The zero-order valence-corrected chi connectivity index (χ0v) is 21.5. The highest BCUT2D eigenvalue weighted by molar-refractivity contribution is 5.76. The molecule has 2 aromatic rings. The van der Waals surface area contributed by atoms with Crippen LogP contribution in [-0.4, -0.2) is 54.9 Å². The number of carbonyl (C=O) groups excluding carboxylic acids is 1. The molecular formula is C28H36N6O2. The maximum atomic E-state index is 12.0. The van der Waals surface area contributed by atoms with E-state index in [1.165, 1.54) is 22.4 Å². The molecule has 1 unspecified atom stereocenters. The maximum absolute atomic E-state index is 12.0. The first-order valence-corrected chi connectivity index (χ1v) is 12.9. The van der Waals surface area contributed by atoms with Gasteiger partial charge in [0.25, 0.3) is 0 Å². The van der Waals surface area contributed by atoms with Gasteiger partial charge in [-0.2, -0.15) is 0 Å². The lowest BCUT2D eigenvalue weighted by atomic mass is 9.75. The third kappa shape index (κ3) is 4.95. The number of urea groups is 1. The zero-order valence-electron chi connectivity index (χ0n) is 21.5. The fourth-order valence-electron chi connectivity index (χ4n) is 5.35.